The summed E-state index contributed by atoms with van der Waals surface area (Å²) in [6, 6.07) is 19.1. The van der Waals surface area contributed by atoms with Gasteiger partial charge in [0.05, 0.1) is 17.6 Å². The zero-order chi connectivity index (χ0) is 17.6. The minimum absolute atomic E-state index is 0.161. The Bertz CT molecular complexity index is 899. The minimum atomic E-state index is 0.161. The molecule has 0 saturated heterocycles. The minimum Gasteiger partial charge on any atom is -0.312 e. The smallest absolute Gasteiger partial charge is 0.0906 e. The maximum Gasteiger partial charge on any atom is 0.0906 e. The fraction of sp³-hybridized carbons (Fsp3) is 0.333. The molecule has 26 heavy (non-hydrogen) atoms. The monoisotopic (exact) mass is 364 g/mol. The number of hydrogen-bond donors (Lipinski definition) is 1. The van der Waals surface area contributed by atoms with Crippen LogP contribution in [0.4, 0.5) is 0 Å². The lowest BCUT2D eigenvalue weighted by molar-refractivity contribution is 0.553. The Morgan fingerprint density at radius 2 is 1.85 bits per heavy atom. The van der Waals surface area contributed by atoms with Crippen LogP contribution in [0.5, 0.6) is 0 Å². The van der Waals surface area contributed by atoms with Gasteiger partial charge in [0.25, 0.3) is 0 Å². The Labute approximate surface area is 158 Å². The van der Waals surface area contributed by atoms with Gasteiger partial charge in [-0.05, 0) is 49.1 Å². The normalized spacial score (nSPS) is 23.0. The van der Waals surface area contributed by atoms with E-state index in [0.717, 1.165) is 22.9 Å². The summed E-state index contributed by atoms with van der Waals surface area (Å²) in [5.74, 6) is 0.664. The zero-order valence-corrected chi connectivity index (χ0v) is 15.2. The first-order chi connectivity index (χ1) is 12.7. The van der Waals surface area contributed by atoms with Gasteiger partial charge >= 0.3 is 0 Å². The van der Waals surface area contributed by atoms with Crippen molar-refractivity contribution in [2.45, 2.75) is 36.6 Å². The second-order valence-corrected chi connectivity index (χ2v) is 7.98. The maximum absolute atomic E-state index is 5.97. The molecule has 3 aromatic rings. The van der Waals surface area contributed by atoms with Crippen molar-refractivity contribution < 1.29 is 0 Å². The van der Waals surface area contributed by atoms with Gasteiger partial charge in [-0.25, -0.2) is 4.68 Å². The fourth-order valence-electron chi connectivity index (χ4n) is 3.72. The van der Waals surface area contributed by atoms with Crippen molar-refractivity contribution in [1.82, 2.24) is 20.3 Å². The van der Waals surface area contributed by atoms with Crippen molar-refractivity contribution >= 4 is 11.6 Å². The third kappa shape index (κ3) is 3.04. The van der Waals surface area contributed by atoms with Gasteiger partial charge in [0.15, 0.2) is 0 Å². The molecule has 0 radical (unpaired) electrons. The van der Waals surface area contributed by atoms with Gasteiger partial charge in [0.2, 0.25) is 0 Å². The average Bonchev–Trinajstić information content (AvgIpc) is 3.59. The maximum atomic E-state index is 5.97. The number of nitrogens with one attached hydrogen (secondary N) is 1. The number of nitrogens with zero attached hydrogens (tertiary/aromatic N) is 3. The molecule has 0 spiro atoms. The lowest BCUT2D eigenvalue weighted by Gasteiger charge is -2.13. The number of hydrogen-bond acceptors (Lipinski definition) is 3. The van der Waals surface area contributed by atoms with Gasteiger partial charge < -0.3 is 5.32 Å². The van der Waals surface area contributed by atoms with Crippen LogP contribution in [0.2, 0.25) is 5.02 Å². The average molecular weight is 365 g/mol. The summed E-state index contributed by atoms with van der Waals surface area (Å²) in [4.78, 5) is 0. The van der Waals surface area contributed by atoms with Crippen LogP contribution in [0, 0.1) is 0 Å². The highest BCUT2D eigenvalue weighted by Crippen LogP contribution is 2.48. The summed E-state index contributed by atoms with van der Waals surface area (Å²) in [6.07, 6.45) is 5.67. The van der Waals surface area contributed by atoms with Crippen LogP contribution in [-0.4, -0.2) is 27.6 Å². The Balaban J connectivity index is 1.24. The molecule has 2 aromatic carbocycles. The van der Waals surface area contributed by atoms with E-state index in [-0.39, 0.29) is 5.41 Å². The van der Waals surface area contributed by atoms with E-state index in [2.05, 4.69) is 52.2 Å². The fourth-order valence-corrected chi connectivity index (χ4v) is 3.84. The number of aromatic nitrogens is 3. The lowest BCUT2D eigenvalue weighted by Crippen LogP contribution is -2.29. The molecule has 1 unspecified atom stereocenters. The Hall–Kier alpha value is -2.17. The molecule has 1 heterocycles. The highest BCUT2D eigenvalue weighted by molar-refractivity contribution is 6.30. The van der Waals surface area contributed by atoms with Crippen LogP contribution in [0.25, 0.3) is 5.69 Å². The van der Waals surface area contributed by atoms with E-state index in [9.17, 15) is 0 Å². The van der Waals surface area contributed by atoms with Crippen molar-refractivity contribution in [2.24, 2.45) is 0 Å². The number of halogens is 1. The molecule has 1 N–H and O–H groups in total. The molecule has 1 aromatic heterocycles. The van der Waals surface area contributed by atoms with Crippen molar-refractivity contribution in [1.29, 1.82) is 0 Å². The van der Waals surface area contributed by atoms with E-state index in [1.807, 2.05) is 28.9 Å². The lowest BCUT2D eigenvalue weighted by atomic mass is 10.0. The quantitative estimate of drug-likeness (QED) is 0.716. The predicted octanol–water partition coefficient (Wildman–Crippen LogP) is 4.10. The molecule has 4 nitrogen and oxygen atoms in total. The van der Waals surface area contributed by atoms with Crippen LogP contribution < -0.4 is 5.32 Å². The van der Waals surface area contributed by atoms with Crippen LogP contribution in [0.1, 0.15) is 36.4 Å². The summed E-state index contributed by atoms with van der Waals surface area (Å²) in [5.41, 5.74) is 3.69. The Morgan fingerprint density at radius 3 is 2.58 bits per heavy atom. The van der Waals surface area contributed by atoms with Crippen LogP contribution >= 0.6 is 11.6 Å². The molecular weight excluding hydrogens is 344 g/mol. The Kier molecular flexibility index (Phi) is 3.84. The second-order valence-electron chi connectivity index (χ2n) is 7.55. The van der Waals surface area contributed by atoms with E-state index < -0.39 is 0 Å². The van der Waals surface area contributed by atoms with Gasteiger partial charge in [-0.2, -0.15) is 0 Å². The van der Waals surface area contributed by atoms with Gasteiger partial charge in [0, 0.05) is 28.9 Å². The summed E-state index contributed by atoms with van der Waals surface area (Å²) >= 11 is 5.97. The predicted molar refractivity (Wildman–Crippen MR) is 103 cm³/mol. The van der Waals surface area contributed by atoms with Crippen molar-refractivity contribution in [2.75, 3.05) is 6.54 Å². The van der Waals surface area contributed by atoms with Gasteiger partial charge in [-0.1, -0.05) is 47.1 Å². The SMILES string of the molecule is Clc1ccc(-n2cc(C3(CN[C@H]4CC4c4ccccc4)CC3)nn2)cc1. The molecule has 2 fully saturated rings. The molecule has 5 rings (SSSR count). The highest BCUT2D eigenvalue weighted by atomic mass is 35.5. The number of rotatable bonds is 6. The van der Waals surface area contributed by atoms with E-state index in [1.165, 1.54) is 24.8 Å². The topological polar surface area (TPSA) is 42.7 Å². The highest BCUT2D eigenvalue weighted by Gasteiger charge is 2.48. The van der Waals surface area contributed by atoms with Gasteiger partial charge in [0.1, 0.15) is 0 Å². The summed E-state index contributed by atoms with van der Waals surface area (Å²) < 4.78 is 1.84. The summed E-state index contributed by atoms with van der Waals surface area (Å²) in [7, 11) is 0. The van der Waals surface area contributed by atoms with Crippen molar-refractivity contribution in [3.05, 3.63) is 77.1 Å². The first-order valence-corrected chi connectivity index (χ1v) is 9.58. The first-order valence-electron chi connectivity index (χ1n) is 9.21. The van der Waals surface area contributed by atoms with Gasteiger partial charge in [-0.3, -0.25) is 0 Å². The van der Waals surface area contributed by atoms with E-state index in [1.54, 1.807) is 0 Å². The molecular formula is C21H21ClN4. The third-order valence-corrected chi connectivity index (χ3v) is 5.95. The zero-order valence-electron chi connectivity index (χ0n) is 14.5. The summed E-state index contributed by atoms with van der Waals surface area (Å²) in [6.45, 7) is 0.986. The van der Waals surface area contributed by atoms with E-state index >= 15 is 0 Å². The molecule has 0 aliphatic heterocycles. The van der Waals surface area contributed by atoms with Gasteiger partial charge in [-0.15, -0.1) is 5.10 Å². The first kappa shape index (κ1) is 16.0. The largest absolute Gasteiger partial charge is 0.312 e. The summed E-state index contributed by atoms with van der Waals surface area (Å²) in [5, 5.41) is 13.3. The van der Waals surface area contributed by atoms with Crippen LogP contribution in [0.3, 0.4) is 0 Å². The molecule has 0 bridgehead atoms. The second kappa shape index (κ2) is 6.22. The molecule has 0 amide bonds. The Morgan fingerprint density at radius 1 is 1.08 bits per heavy atom. The number of benzene rings is 2. The van der Waals surface area contributed by atoms with E-state index in [0.29, 0.717) is 12.0 Å². The van der Waals surface area contributed by atoms with Crippen LogP contribution in [-0.2, 0) is 5.41 Å². The molecule has 2 atom stereocenters. The standard InChI is InChI=1S/C21H21ClN4/c22-16-6-8-17(9-7-16)26-13-20(24-25-26)21(10-11-21)14-23-19-12-18(19)15-4-2-1-3-5-15/h1-9,13,18-19,23H,10-12,14H2/t18?,19-/m0/s1. The molecule has 132 valence electrons. The van der Waals surface area contributed by atoms with Crippen molar-refractivity contribution in [3.8, 4) is 5.69 Å². The van der Waals surface area contributed by atoms with E-state index in [4.69, 9.17) is 11.6 Å². The molecule has 2 aliphatic rings. The third-order valence-electron chi connectivity index (χ3n) is 5.70. The molecule has 2 saturated carbocycles. The molecule has 2 aliphatic carbocycles. The van der Waals surface area contributed by atoms with Crippen LogP contribution in [0.15, 0.2) is 60.8 Å². The van der Waals surface area contributed by atoms with Crippen molar-refractivity contribution in [3.63, 3.8) is 0 Å². The molecule has 5 heteroatoms.